The minimum atomic E-state index is -0.0947. The van der Waals surface area contributed by atoms with Crippen LogP contribution in [0.5, 0.6) is 0 Å². The molecule has 2 aromatic rings. The van der Waals surface area contributed by atoms with Crippen LogP contribution in [-0.2, 0) is 17.8 Å². The minimum absolute atomic E-state index is 0.0947. The van der Waals surface area contributed by atoms with E-state index in [2.05, 4.69) is 15.5 Å². The Kier molecular flexibility index (Phi) is 5.00. The molecular weight excluding hydrogens is 274 g/mol. The van der Waals surface area contributed by atoms with Gasteiger partial charge in [0.2, 0.25) is 11.9 Å². The number of nitrogens with two attached hydrogens (primary N) is 1. The Bertz CT molecular complexity index is 569. The first-order chi connectivity index (χ1) is 9.70. The third-order valence-electron chi connectivity index (χ3n) is 2.81. The van der Waals surface area contributed by atoms with Gasteiger partial charge in [0.25, 0.3) is 0 Å². The molecule has 1 amide bonds. The summed E-state index contributed by atoms with van der Waals surface area (Å²) in [5, 5.41) is 11.2. The Labute approximate surface area is 121 Å². The van der Waals surface area contributed by atoms with E-state index in [0.717, 1.165) is 6.42 Å². The SMILES string of the molecule is CSc1nnc(N)n1CC(=O)NCCc1ccccc1. The molecule has 1 aromatic carbocycles. The number of carbonyl (C=O) groups excluding carboxylic acids is 1. The van der Waals surface area contributed by atoms with Crippen molar-refractivity contribution < 1.29 is 4.79 Å². The average Bonchev–Trinajstić information content (AvgIpc) is 2.81. The van der Waals surface area contributed by atoms with Gasteiger partial charge >= 0.3 is 0 Å². The van der Waals surface area contributed by atoms with Crippen molar-refractivity contribution in [1.29, 1.82) is 0 Å². The lowest BCUT2D eigenvalue weighted by Crippen LogP contribution is -2.30. The molecule has 0 radical (unpaired) electrons. The molecule has 6 nitrogen and oxygen atoms in total. The number of nitrogen functional groups attached to an aromatic ring is 1. The molecule has 2 rings (SSSR count). The number of hydrogen-bond acceptors (Lipinski definition) is 5. The Balaban J connectivity index is 1.82. The highest BCUT2D eigenvalue weighted by Gasteiger charge is 2.11. The molecule has 0 aliphatic rings. The highest BCUT2D eigenvalue weighted by Crippen LogP contribution is 2.14. The molecule has 0 fully saturated rings. The zero-order valence-electron chi connectivity index (χ0n) is 11.2. The van der Waals surface area contributed by atoms with E-state index < -0.39 is 0 Å². The van der Waals surface area contributed by atoms with Crippen molar-refractivity contribution in [1.82, 2.24) is 20.1 Å². The van der Waals surface area contributed by atoms with Crippen LogP contribution in [0.4, 0.5) is 5.95 Å². The van der Waals surface area contributed by atoms with Crippen LogP contribution < -0.4 is 11.1 Å². The molecule has 0 atom stereocenters. The van der Waals surface area contributed by atoms with Gasteiger partial charge in [-0.3, -0.25) is 9.36 Å². The van der Waals surface area contributed by atoms with Crippen molar-refractivity contribution in [3.8, 4) is 0 Å². The number of hydrogen-bond donors (Lipinski definition) is 2. The molecule has 1 heterocycles. The number of carbonyl (C=O) groups is 1. The molecule has 20 heavy (non-hydrogen) atoms. The van der Waals surface area contributed by atoms with E-state index in [1.54, 1.807) is 4.57 Å². The van der Waals surface area contributed by atoms with E-state index in [4.69, 9.17) is 5.73 Å². The first-order valence-electron chi connectivity index (χ1n) is 6.24. The van der Waals surface area contributed by atoms with Gasteiger partial charge in [0.1, 0.15) is 6.54 Å². The maximum atomic E-state index is 11.9. The van der Waals surface area contributed by atoms with Crippen LogP contribution in [0.2, 0.25) is 0 Å². The largest absolute Gasteiger partial charge is 0.368 e. The molecule has 3 N–H and O–H groups in total. The first kappa shape index (κ1) is 14.4. The average molecular weight is 291 g/mol. The highest BCUT2D eigenvalue weighted by atomic mass is 32.2. The van der Waals surface area contributed by atoms with E-state index in [-0.39, 0.29) is 18.4 Å². The summed E-state index contributed by atoms with van der Waals surface area (Å²) in [7, 11) is 0. The zero-order valence-corrected chi connectivity index (χ0v) is 12.1. The monoisotopic (exact) mass is 291 g/mol. The summed E-state index contributed by atoms with van der Waals surface area (Å²) >= 11 is 1.41. The van der Waals surface area contributed by atoms with Crippen LogP contribution in [0.25, 0.3) is 0 Å². The second-order valence-electron chi connectivity index (χ2n) is 4.22. The predicted octanol–water partition coefficient (Wildman–Crippen LogP) is 0.941. The van der Waals surface area contributed by atoms with Crippen molar-refractivity contribution in [3.63, 3.8) is 0 Å². The van der Waals surface area contributed by atoms with Crippen LogP contribution in [0.15, 0.2) is 35.5 Å². The minimum Gasteiger partial charge on any atom is -0.368 e. The van der Waals surface area contributed by atoms with Gasteiger partial charge in [-0.1, -0.05) is 42.1 Å². The van der Waals surface area contributed by atoms with Gasteiger partial charge in [0, 0.05) is 6.54 Å². The molecule has 0 aliphatic carbocycles. The van der Waals surface area contributed by atoms with E-state index in [1.165, 1.54) is 17.3 Å². The Hall–Kier alpha value is -2.02. The summed E-state index contributed by atoms with van der Waals surface area (Å²) in [5.74, 6) is 0.162. The maximum Gasteiger partial charge on any atom is 0.240 e. The molecule has 106 valence electrons. The van der Waals surface area contributed by atoms with E-state index >= 15 is 0 Å². The van der Waals surface area contributed by atoms with Crippen molar-refractivity contribution in [2.24, 2.45) is 0 Å². The lowest BCUT2D eigenvalue weighted by molar-refractivity contribution is -0.121. The summed E-state index contributed by atoms with van der Waals surface area (Å²) in [6.07, 6.45) is 2.67. The molecule has 0 saturated heterocycles. The fourth-order valence-corrected chi connectivity index (χ4v) is 2.29. The van der Waals surface area contributed by atoms with Gasteiger partial charge in [-0.15, -0.1) is 10.2 Å². The molecule has 0 unspecified atom stereocenters. The van der Waals surface area contributed by atoms with Crippen LogP contribution >= 0.6 is 11.8 Å². The van der Waals surface area contributed by atoms with E-state index in [0.29, 0.717) is 11.7 Å². The summed E-state index contributed by atoms with van der Waals surface area (Å²) < 4.78 is 1.60. The van der Waals surface area contributed by atoms with Crippen molar-refractivity contribution in [3.05, 3.63) is 35.9 Å². The topological polar surface area (TPSA) is 85.8 Å². The van der Waals surface area contributed by atoms with Crippen molar-refractivity contribution in [2.45, 2.75) is 18.1 Å². The highest BCUT2D eigenvalue weighted by molar-refractivity contribution is 7.98. The summed E-state index contributed by atoms with van der Waals surface area (Å²) in [4.78, 5) is 11.9. The molecule has 0 aliphatic heterocycles. The van der Waals surface area contributed by atoms with Crippen molar-refractivity contribution >= 4 is 23.6 Å². The first-order valence-corrected chi connectivity index (χ1v) is 7.46. The number of rotatable bonds is 6. The number of amides is 1. The second-order valence-corrected chi connectivity index (χ2v) is 4.99. The smallest absolute Gasteiger partial charge is 0.240 e. The van der Waals surface area contributed by atoms with Gasteiger partial charge < -0.3 is 11.1 Å². The molecule has 0 bridgehead atoms. The number of nitrogens with zero attached hydrogens (tertiary/aromatic N) is 3. The Morgan fingerprint density at radius 2 is 2.10 bits per heavy atom. The fraction of sp³-hybridized carbons (Fsp3) is 0.308. The number of nitrogens with one attached hydrogen (secondary N) is 1. The fourth-order valence-electron chi connectivity index (χ4n) is 1.79. The normalized spacial score (nSPS) is 10.4. The molecule has 0 spiro atoms. The summed E-state index contributed by atoms with van der Waals surface area (Å²) in [6, 6.07) is 10.0. The molecule has 7 heteroatoms. The number of thioether (sulfide) groups is 1. The van der Waals surface area contributed by atoms with Gasteiger partial charge in [-0.25, -0.2) is 0 Å². The number of benzene rings is 1. The number of anilines is 1. The van der Waals surface area contributed by atoms with Gasteiger partial charge in [0.15, 0.2) is 5.16 Å². The molecule has 0 saturated carbocycles. The second kappa shape index (κ2) is 6.95. The van der Waals surface area contributed by atoms with Crippen molar-refractivity contribution in [2.75, 3.05) is 18.5 Å². The molecule has 1 aromatic heterocycles. The quantitative estimate of drug-likeness (QED) is 0.774. The standard InChI is InChI=1S/C13H17N5OS/c1-20-13-17-16-12(14)18(13)9-11(19)15-8-7-10-5-3-2-4-6-10/h2-6H,7-9H2,1H3,(H2,14,16)(H,15,19). The van der Waals surface area contributed by atoms with Crippen LogP contribution in [-0.4, -0.2) is 33.5 Å². The summed E-state index contributed by atoms with van der Waals surface area (Å²) in [5.41, 5.74) is 6.88. The third kappa shape index (κ3) is 3.74. The number of aromatic nitrogens is 3. The lowest BCUT2D eigenvalue weighted by Gasteiger charge is -2.08. The van der Waals surface area contributed by atoms with E-state index in [9.17, 15) is 4.79 Å². The Morgan fingerprint density at radius 1 is 1.35 bits per heavy atom. The van der Waals surface area contributed by atoms with Gasteiger partial charge in [-0.05, 0) is 18.2 Å². The third-order valence-corrected chi connectivity index (χ3v) is 3.48. The van der Waals surface area contributed by atoms with Crippen LogP contribution in [0.1, 0.15) is 5.56 Å². The zero-order chi connectivity index (χ0) is 14.4. The lowest BCUT2D eigenvalue weighted by atomic mass is 10.1. The van der Waals surface area contributed by atoms with E-state index in [1.807, 2.05) is 36.6 Å². The predicted molar refractivity (Wildman–Crippen MR) is 79.4 cm³/mol. The van der Waals surface area contributed by atoms with Crippen LogP contribution in [0, 0.1) is 0 Å². The Morgan fingerprint density at radius 3 is 2.80 bits per heavy atom. The maximum absolute atomic E-state index is 11.9. The molecular formula is C13H17N5OS. The van der Waals surface area contributed by atoms with Gasteiger partial charge in [-0.2, -0.15) is 0 Å². The van der Waals surface area contributed by atoms with Gasteiger partial charge in [0.05, 0.1) is 0 Å². The summed E-state index contributed by atoms with van der Waals surface area (Å²) in [6.45, 7) is 0.739. The van der Waals surface area contributed by atoms with Crippen LogP contribution in [0.3, 0.4) is 0 Å².